The van der Waals surface area contributed by atoms with Crippen molar-refractivity contribution in [1.82, 2.24) is 0 Å². The molecular formula is C18H15N3O3S. The molecule has 3 aliphatic rings. The fraction of sp³-hybridized carbons (Fsp3) is 0.389. The van der Waals surface area contributed by atoms with Gasteiger partial charge in [-0.3, -0.25) is 0 Å². The second-order valence-corrected chi connectivity index (χ2v) is 8.11. The summed E-state index contributed by atoms with van der Waals surface area (Å²) in [7, 11) is -3.89. The minimum atomic E-state index is -3.89. The highest BCUT2D eigenvalue weighted by Crippen LogP contribution is 2.59. The van der Waals surface area contributed by atoms with Crippen molar-refractivity contribution in [2.45, 2.75) is 38.5 Å². The summed E-state index contributed by atoms with van der Waals surface area (Å²) in [6, 6.07) is 7.69. The van der Waals surface area contributed by atoms with Crippen LogP contribution in [0.15, 0.2) is 27.7 Å². The fourth-order valence-corrected chi connectivity index (χ4v) is 5.26. The average Bonchev–Trinajstić information content (AvgIpc) is 2.92. The van der Waals surface area contributed by atoms with Crippen molar-refractivity contribution < 1.29 is 12.6 Å². The standard InChI is InChI=1S/C18H15N3O3S/c1-18-7-6-12-13(16(18)4-3-15(18)11(8-19)9-20)2-5-17-14(12)10-21-25(22,23)24-17/h2,5,10,16H,3-4,6-7H2,1H3/t16-,18+/m0/s1. The van der Waals surface area contributed by atoms with Gasteiger partial charge in [0.25, 0.3) is 0 Å². The smallest absolute Gasteiger partial charge is 0.365 e. The molecule has 4 rings (SSSR count). The number of hydrogen-bond donors (Lipinski definition) is 0. The maximum Gasteiger partial charge on any atom is 0.428 e. The molecule has 25 heavy (non-hydrogen) atoms. The second-order valence-electron chi connectivity index (χ2n) is 6.88. The molecule has 0 unspecified atom stereocenters. The first-order chi connectivity index (χ1) is 11.9. The Morgan fingerprint density at radius 1 is 1.32 bits per heavy atom. The lowest BCUT2D eigenvalue weighted by Crippen LogP contribution is -2.30. The van der Waals surface area contributed by atoms with Crippen molar-refractivity contribution in [3.05, 3.63) is 40.0 Å². The molecule has 0 N–H and O–H groups in total. The lowest BCUT2D eigenvalue weighted by Gasteiger charge is -2.39. The second kappa shape index (κ2) is 5.18. The van der Waals surface area contributed by atoms with Gasteiger partial charge < -0.3 is 4.18 Å². The van der Waals surface area contributed by atoms with Crippen molar-refractivity contribution in [2.75, 3.05) is 0 Å². The molecule has 1 saturated carbocycles. The third kappa shape index (κ3) is 2.20. The van der Waals surface area contributed by atoms with Crippen LogP contribution in [0.2, 0.25) is 0 Å². The molecule has 1 aromatic rings. The largest absolute Gasteiger partial charge is 0.428 e. The van der Waals surface area contributed by atoms with Gasteiger partial charge in [0.15, 0.2) is 5.75 Å². The molecule has 6 nitrogen and oxygen atoms in total. The summed E-state index contributed by atoms with van der Waals surface area (Å²) in [6.45, 7) is 2.13. The number of hydrogen-bond acceptors (Lipinski definition) is 5. The van der Waals surface area contributed by atoms with E-state index in [1.165, 1.54) is 6.21 Å². The van der Waals surface area contributed by atoms with Gasteiger partial charge in [-0.05, 0) is 59.8 Å². The number of nitriles is 2. The Bertz CT molecular complexity index is 1020. The highest BCUT2D eigenvalue weighted by molar-refractivity contribution is 7.86. The molecule has 0 saturated heterocycles. The third-order valence-corrected chi connectivity index (χ3v) is 6.55. The number of benzene rings is 1. The number of fused-ring (bicyclic) bond motifs is 5. The normalized spacial score (nSPS) is 28.0. The van der Waals surface area contributed by atoms with Crippen molar-refractivity contribution in [1.29, 1.82) is 10.5 Å². The zero-order chi connectivity index (χ0) is 17.8. The van der Waals surface area contributed by atoms with E-state index in [2.05, 4.69) is 11.3 Å². The molecule has 1 fully saturated rings. The van der Waals surface area contributed by atoms with E-state index in [0.29, 0.717) is 5.75 Å². The molecule has 0 amide bonds. The van der Waals surface area contributed by atoms with E-state index in [-0.39, 0.29) is 16.9 Å². The van der Waals surface area contributed by atoms with Crippen LogP contribution in [0.1, 0.15) is 48.8 Å². The summed E-state index contributed by atoms with van der Waals surface area (Å²) < 4.78 is 31.5. The van der Waals surface area contributed by atoms with Crippen LogP contribution in [0.5, 0.6) is 5.75 Å². The number of rotatable bonds is 0. The van der Waals surface area contributed by atoms with Crippen LogP contribution < -0.4 is 4.18 Å². The summed E-state index contributed by atoms with van der Waals surface area (Å²) in [5.41, 5.74) is 3.93. The Balaban J connectivity index is 1.85. The van der Waals surface area contributed by atoms with Crippen molar-refractivity contribution in [2.24, 2.45) is 9.81 Å². The minimum Gasteiger partial charge on any atom is -0.365 e. The highest BCUT2D eigenvalue weighted by atomic mass is 32.2. The zero-order valence-corrected chi connectivity index (χ0v) is 14.4. The van der Waals surface area contributed by atoms with Gasteiger partial charge in [-0.1, -0.05) is 13.0 Å². The van der Waals surface area contributed by atoms with Crippen molar-refractivity contribution in [3.63, 3.8) is 0 Å². The molecule has 0 spiro atoms. The highest BCUT2D eigenvalue weighted by Gasteiger charge is 2.48. The first kappa shape index (κ1) is 15.9. The lowest BCUT2D eigenvalue weighted by molar-refractivity contribution is 0.305. The Labute approximate surface area is 146 Å². The van der Waals surface area contributed by atoms with Crippen LogP contribution in [0, 0.1) is 28.1 Å². The van der Waals surface area contributed by atoms with Crippen LogP contribution in [0.4, 0.5) is 0 Å². The van der Waals surface area contributed by atoms with Gasteiger partial charge in [-0.15, -0.1) is 4.40 Å². The first-order valence-electron chi connectivity index (χ1n) is 8.09. The van der Waals surface area contributed by atoms with Gasteiger partial charge in [-0.25, -0.2) is 0 Å². The van der Waals surface area contributed by atoms with Crippen molar-refractivity contribution in [3.8, 4) is 17.9 Å². The van der Waals surface area contributed by atoms with E-state index in [9.17, 15) is 18.9 Å². The van der Waals surface area contributed by atoms with Crippen LogP contribution >= 0.6 is 0 Å². The maximum absolute atomic E-state index is 11.5. The minimum absolute atomic E-state index is 0.208. The summed E-state index contributed by atoms with van der Waals surface area (Å²) in [5.74, 6) is 0.529. The summed E-state index contributed by atoms with van der Waals surface area (Å²) in [6.07, 6.45) is 4.53. The molecule has 1 heterocycles. The number of nitrogens with zero attached hydrogens (tertiary/aromatic N) is 3. The van der Waals surface area contributed by atoms with E-state index in [4.69, 9.17) is 4.18 Å². The van der Waals surface area contributed by atoms with Gasteiger partial charge in [0, 0.05) is 5.56 Å². The monoisotopic (exact) mass is 353 g/mol. The Hall–Kier alpha value is -2.64. The van der Waals surface area contributed by atoms with Gasteiger partial charge in [0.2, 0.25) is 0 Å². The molecule has 1 aliphatic heterocycles. The van der Waals surface area contributed by atoms with Gasteiger partial charge in [0.1, 0.15) is 17.7 Å². The molecule has 1 aromatic carbocycles. The van der Waals surface area contributed by atoms with E-state index < -0.39 is 10.3 Å². The molecular weight excluding hydrogens is 338 g/mol. The van der Waals surface area contributed by atoms with Gasteiger partial charge >= 0.3 is 10.3 Å². The summed E-state index contributed by atoms with van der Waals surface area (Å²) in [5, 5.41) is 18.5. The van der Waals surface area contributed by atoms with E-state index in [1.807, 2.05) is 18.2 Å². The fourth-order valence-electron chi connectivity index (χ4n) is 4.61. The molecule has 0 bridgehead atoms. The molecule has 0 aromatic heterocycles. The molecule has 7 heteroatoms. The quantitative estimate of drug-likeness (QED) is 0.667. The zero-order valence-electron chi connectivity index (χ0n) is 13.6. The van der Waals surface area contributed by atoms with E-state index >= 15 is 0 Å². The predicted octanol–water partition coefficient (Wildman–Crippen LogP) is 2.92. The molecule has 0 radical (unpaired) electrons. The van der Waals surface area contributed by atoms with E-state index in [1.54, 1.807) is 6.07 Å². The Morgan fingerprint density at radius 3 is 2.80 bits per heavy atom. The average molecular weight is 353 g/mol. The van der Waals surface area contributed by atoms with Crippen LogP contribution in [-0.2, 0) is 16.7 Å². The van der Waals surface area contributed by atoms with Crippen LogP contribution in [0.3, 0.4) is 0 Å². The third-order valence-electron chi connectivity index (χ3n) is 5.80. The Morgan fingerprint density at radius 2 is 2.08 bits per heavy atom. The Kier molecular flexibility index (Phi) is 3.28. The number of allylic oxidation sites excluding steroid dienone is 2. The molecule has 2 atom stereocenters. The van der Waals surface area contributed by atoms with Gasteiger partial charge in [0.05, 0.1) is 6.21 Å². The summed E-state index contributed by atoms with van der Waals surface area (Å²) >= 11 is 0. The first-order valence-corrected chi connectivity index (χ1v) is 9.45. The summed E-state index contributed by atoms with van der Waals surface area (Å²) in [4.78, 5) is 0. The van der Waals surface area contributed by atoms with Crippen molar-refractivity contribution >= 4 is 16.5 Å². The SMILES string of the molecule is C[C@]12CCc3c(ccc4c3C=NS(=O)(=O)O4)[C@@H]1CCC2=C(C#N)C#N. The topological polar surface area (TPSA) is 103 Å². The van der Waals surface area contributed by atoms with E-state index in [0.717, 1.165) is 47.9 Å². The van der Waals surface area contributed by atoms with Gasteiger partial charge in [-0.2, -0.15) is 18.9 Å². The molecule has 2 aliphatic carbocycles. The predicted molar refractivity (Wildman–Crippen MR) is 90.2 cm³/mol. The molecule has 126 valence electrons. The maximum atomic E-state index is 11.5. The van der Waals surface area contributed by atoms with Crippen LogP contribution in [-0.4, -0.2) is 14.6 Å². The lowest BCUT2D eigenvalue weighted by atomic mass is 9.64. The van der Waals surface area contributed by atoms with Crippen LogP contribution in [0.25, 0.3) is 0 Å².